The fraction of sp³-hybridized carbons (Fsp3) is 0.444. The summed E-state index contributed by atoms with van der Waals surface area (Å²) in [6.07, 6.45) is 1.97. The summed E-state index contributed by atoms with van der Waals surface area (Å²) in [5.74, 6) is 2.24. The van der Waals surface area contributed by atoms with E-state index in [9.17, 15) is 4.79 Å². The van der Waals surface area contributed by atoms with Crippen LogP contribution in [-0.2, 0) is 4.74 Å². The molecule has 0 bridgehead atoms. The van der Waals surface area contributed by atoms with Gasteiger partial charge < -0.3 is 15.4 Å². The molecule has 142 valence electrons. The topological polar surface area (TPSA) is 110 Å². The maximum atomic E-state index is 12.1. The molecule has 0 aliphatic carbocycles. The molecule has 1 saturated heterocycles. The van der Waals surface area contributed by atoms with Gasteiger partial charge in [0.2, 0.25) is 0 Å². The van der Waals surface area contributed by atoms with Gasteiger partial charge in [0.1, 0.15) is 27.2 Å². The van der Waals surface area contributed by atoms with Crippen molar-refractivity contribution in [2.24, 2.45) is 0 Å². The second-order valence-corrected chi connectivity index (χ2v) is 7.83. The highest BCUT2D eigenvalue weighted by Crippen LogP contribution is 2.38. The number of thiophene rings is 1. The minimum absolute atomic E-state index is 0.324. The minimum atomic E-state index is -0.324. The van der Waals surface area contributed by atoms with E-state index < -0.39 is 0 Å². The molecule has 1 aliphatic rings. The van der Waals surface area contributed by atoms with Crippen molar-refractivity contribution in [3.63, 3.8) is 0 Å². The van der Waals surface area contributed by atoms with Crippen LogP contribution in [0.4, 0.5) is 11.6 Å². The lowest BCUT2D eigenvalue weighted by molar-refractivity contribution is 0.0605. The highest BCUT2D eigenvalue weighted by molar-refractivity contribution is 7.20. The summed E-state index contributed by atoms with van der Waals surface area (Å²) in [6, 6.07) is 1.92. The first-order chi connectivity index (χ1) is 13.0. The molecule has 0 atom stereocenters. The van der Waals surface area contributed by atoms with E-state index >= 15 is 0 Å². The fourth-order valence-corrected chi connectivity index (χ4v) is 4.84. The van der Waals surface area contributed by atoms with E-state index in [1.165, 1.54) is 18.4 Å². The average molecular weight is 386 g/mol. The Kier molecular flexibility index (Phi) is 4.47. The standard InChI is InChI=1S/C18H22N6O2S/c1-9-14-16(20-10(2)21-17(14)27-15(9)18(25)26-3)24-6-4-11(5-7-24)12-8-13(19)23-22-12/h8,11H,4-7H2,1-3H3,(H3,19,22,23). The Morgan fingerprint density at radius 1 is 1.33 bits per heavy atom. The van der Waals surface area contributed by atoms with Gasteiger partial charge in [0, 0.05) is 30.8 Å². The Morgan fingerprint density at radius 2 is 2.07 bits per heavy atom. The van der Waals surface area contributed by atoms with Crippen LogP contribution in [0.15, 0.2) is 6.07 Å². The molecular formula is C18H22N6O2S. The molecular weight excluding hydrogens is 364 g/mol. The number of fused-ring (bicyclic) bond motifs is 1. The predicted octanol–water partition coefficient (Wildman–Crippen LogP) is 2.78. The third kappa shape index (κ3) is 3.12. The summed E-state index contributed by atoms with van der Waals surface area (Å²) in [7, 11) is 1.40. The van der Waals surface area contributed by atoms with Crippen molar-refractivity contribution in [3.8, 4) is 0 Å². The molecule has 4 rings (SSSR count). The van der Waals surface area contributed by atoms with E-state index in [0.29, 0.717) is 22.4 Å². The van der Waals surface area contributed by atoms with Gasteiger partial charge in [-0.05, 0) is 32.3 Å². The van der Waals surface area contributed by atoms with Crippen LogP contribution in [0.1, 0.15) is 45.5 Å². The van der Waals surface area contributed by atoms with Crippen molar-refractivity contribution in [2.75, 3.05) is 30.8 Å². The van der Waals surface area contributed by atoms with Crippen LogP contribution in [0.25, 0.3) is 10.2 Å². The van der Waals surface area contributed by atoms with Crippen LogP contribution in [0.3, 0.4) is 0 Å². The Morgan fingerprint density at radius 3 is 2.70 bits per heavy atom. The van der Waals surface area contributed by atoms with Crippen LogP contribution in [0.5, 0.6) is 0 Å². The number of nitrogens with one attached hydrogen (secondary N) is 1. The molecule has 3 aromatic heterocycles. The lowest BCUT2D eigenvalue weighted by atomic mass is 9.93. The zero-order valence-corrected chi connectivity index (χ0v) is 16.4. The Balaban J connectivity index is 1.66. The first-order valence-corrected chi connectivity index (χ1v) is 9.71. The van der Waals surface area contributed by atoms with E-state index in [2.05, 4.69) is 20.1 Å². The van der Waals surface area contributed by atoms with Gasteiger partial charge in [-0.3, -0.25) is 5.10 Å². The van der Waals surface area contributed by atoms with Crippen molar-refractivity contribution in [3.05, 3.63) is 28.0 Å². The number of carbonyl (C=O) groups excluding carboxylic acids is 1. The molecule has 9 heteroatoms. The van der Waals surface area contributed by atoms with Crippen LogP contribution >= 0.6 is 11.3 Å². The summed E-state index contributed by atoms with van der Waals surface area (Å²) in [6.45, 7) is 5.57. The molecule has 0 spiro atoms. The summed E-state index contributed by atoms with van der Waals surface area (Å²) in [5.41, 5.74) is 7.71. The molecule has 0 radical (unpaired) electrons. The maximum absolute atomic E-state index is 12.1. The number of hydrogen-bond acceptors (Lipinski definition) is 8. The number of piperidine rings is 1. The molecule has 0 aromatic carbocycles. The van der Waals surface area contributed by atoms with Gasteiger partial charge in [0.05, 0.1) is 12.5 Å². The van der Waals surface area contributed by atoms with E-state index in [0.717, 1.165) is 53.2 Å². The zero-order valence-electron chi connectivity index (χ0n) is 15.6. The van der Waals surface area contributed by atoms with E-state index in [-0.39, 0.29) is 5.97 Å². The molecule has 0 unspecified atom stereocenters. The van der Waals surface area contributed by atoms with Gasteiger partial charge in [-0.2, -0.15) is 5.10 Å². The highest BCUT2D eigenvalue weighted by Gasteiger charge is 2.27. The number of ether oxygens (including phenoxy) is 1. The average Bonchev–Trinajstić information content (AvgIpc) is 3.24. The normalized spacial score (nSPS) is 15.4. The maximum Gasteiger partial charge on any atom is 0.348 e. The summed E-state index contributed by atoms with van der Waals surface area (Å²) >= 11 is 1.37. The van der Waals surface area contributed by atoms with Crippen molar-refractivity contribution in [1.29, 1.82) is 0 Å². The number of esters is 1. The van der Waals surface area contributed by atoms with Crippen LogP contribution < -0.4 is 10.6 Å². The molecule has 0 saturated carbocycles. The molecule has 8 nitrogen and oxygen atoms in total. The summed E-state index contributed by atoms with van der Waals surface area (Å²) < 4.78 is 4.92. The zero-order chi connectivity index (χ0) is 19.1. The second kappa shape index (κ2) is 6.80. The lowest BCUT2D eigenvalue weighted by Gasteiger charge is -2.32. The smallest absolute Gasteiger partial charge is 0.348 e. The molecule has 27 heavy (non-hydrogen) atoms. The van der Waals surface area contributed by atoms with E-state index in [4.69, 9.17) is 15.5 Å². The number of hydrogen-bond donors (Lipinski definition) is 2. The van der Waals surface area contributed by atoms with Gasteiger partial charge in [-0.1, -0.05) is 0 Å². The summed E-state index contributed by atoms with van der Waals surface area (Å²) in [5, 5.41) is 8.02. The van der Waals surface area contributed by atoms with E-state index in [1.807, 2.05) is 19.9 Å². The third-order valence-electron chi connectivity index (χ3n) is 5.11. The number of anilines is 2. The molecule has 0 amide bonds. The molecule has 4 heterocycles. The van der Waals surface area contributed by atoms with Crippen molar-refractivity contribution in [1.82, 2.24) is 20.2 Å². The number of H-pyrrole nitrogens is 1. The molecule has 1 fully saturated rings. The summed E-state index contributed by atoms with van der Waals surface area (Å²) in [4.78, 5) is 25.1. The predicted molar refractivity (Wildman–Crippen MR) is 105 cm³/mol. The molecule has 3 N–H and O–H groups in total. The van der Waals surface area contributed by atoms with Gasteiger partial charge in [-0.15, -0.1) is 11.3 Å². The van der Waals surface area contributed by atoms with E-state index in [1.54, 1.807) is 0 Å². The van der Waals surface area contributed by atoms with Gasteiger partial charge >= 0.3 is 5.97 Å². The van der Waals surface area contributed by atoms with Gasteiger partial charge in [0.15, 0.2) is 0 Å². The number of carbonyl (C=O) groups is 1. The number of aromatic nitrogens is 4. The quantitative estimate of drug-likeness (QED) is 0.666. The number of methoxy groups -OCH3 is 1. The van der Waals surface area contributed by atoms with Crippen molar-refractivity contribution < 1.29 is 9.53 Å². The highest BCUT2D eigenvalue weighted by atomic mass is 32.1. The van der Waals surface area contributed by atoms with Crippen LogP contribution in [-0.4, -0.2) is 46.3 Å². The number of aryl methyl sites for hydroxylation is 2. The van der Waals surface area contributed by atoms with Crippen molar-refractivity contribution >= 4 is 39.2 Å². The SMILES string of the molecule is COC(=O)c1sc2nc(C)nc(N3CCC(c4cc(N)n[nH]4)CC3)c2c1C. The fourth-order valence-electron chi connectivity index (χ4n) is 3.70. The molecule has 3 aromatic rings. The van der Waals surface area contributed by atoms with Gasteiger partial charge in [0.25, 0.3) is 0 Å². The third-order valence-corrected chi connectivity index (χ3v) is 6.27. The lowest BCUT2D eigenvalue weighted by Crippen LogP contribution is -2.34. The minimum Gasteiger partial charge on any atom is -0.465 e. The van der Waals surface area contributed by atoms with Crippen molar-refractivity contribution in [2.45, 2.75) is 32.6 Å². The van der Waals surface area contributed by atoms with Crippen LogP contribution in [0.2, 0.25) is 0 Å². The van der Waals surface area contributed by atoms with Crippen LogP contribution in [0, 0.1) is 13.8 Å². The Labute approximate surface area is 160 Å². The Bertz CT molecular complexity index is 1000. The number of nitrogens with two attached hydrogens (primary N) is 1. The second-order valence-electron chi connectivity index (χ2n) is 6.83. The number of nitrogens with zero attached hydrogens (tertiary/aromatic N) is 4. The Hall–Kier alpha value is -2.68. The first-order valence-electron chi connectivity index (χ1n) is 8.89. The van der Waals surface area contributed by atoms with Gasteiger partial charge in [-0.25, -0.2) is 14.8 Å². The largest absolute Gasteiger partial charge is 0.465 e. The first kappa shape index (κ1) is 17.7. The number of aromatic amines is 1. The monoisotopic (exact) mass is 386 g/mol. The number of nitrogen functional groups attached to an aromatic ring is 1. The number of rotatable bonds is 3. The molecule has 1 aliphatic heterocycles.